The number of ether oxygens (including phenoxy) is 3. The fraction of sp³-hybridized carbons (Fsp3) is 0.462. The summed E-state index contributed by atoms with van der Waals surface area (Å²) in [5.41, 5.74) is -0.633. The number of nitrogens with zero attached hydrogens (tertiary/aromatic N) is 5. The van der Waals surface area contributed by atoms with Gasteiger partial charge in [0.1, 0.15) is 39.8 Å². The highest BCUT2D eigenvalue weighted by atomic mass is 79.9. The normalized spacial score (nSPS) is 11.8. The summed E-state index contributed by atoms with van der Waals surface area (Å²) in [6.45, 7) is 9.99. The van der Waals surface area contributed by atoms with Gasteiger partial charge in [0.05, 0.1) is 17.8 Å². The topological polar surface area (TPSA) is 98.5 Å². The standard InChI is InChI=1S/C26H32BrClFN5O5/c1-25(2,3)38-23(35)33(24(36)39-26(4,5)6)12-13-37-18-9-8-17(29)22(28)16(18)15-32(7)21-11-10-20-30-14-19(27)34(20)31-21/h8-11,14H,12-13,15H2,1-7H3. The van der Waals surface area contributed by atoms with E-state index in [4.69, 9.17) is 25.8 Å². The lowest BCUT2D eigenvalue weighted by Gasteiger charge is -2.28. The molecule has 0 radical (unpaired) electrons. The Morgan fingerprint density at radius 2 is 1.67 bits per heavy atom. The zero-order chi connectivity index (χ0) is 29.1. The van der Waals surface area contributed by atoms with E-state index in [1.54, 1.807) is 76.3 Å². The van der Waals surface area contributed by atoms with Gasteiger partial charge in [0.25, 0.3) is 0 Å². The van der Waals surface area contributed by atoms with Crippen LogP contribution in [0.25, 0.3) is 5.65 Å². The highest BCUT2D eigenvalue weighted by Crippen LogP contribution is 2.31. The summed E-state index contributed by atoms with van der Waals surface area (Å²) < 4.78 is 33.4. The number of imide groups is 1. The van der Waals surface area contributed by atoms with Crippen LogP contribution in [0.5, 0.6) is 5.75 Å². The van der Waals surface area contributed by atoms with E-state index in [0.29, 0.717) is 21.6 Å². The third kappa shape index (κ3) is 8.18. The zero-order valence-electron chi connectivity index (χ0n) is 22.9. The average molecular weight is 629 g/mol. The summed E-state index contributed by atoms with van der Waals surface area (Å²) in [5, 5.41) is 4.43. The Kier molecular flexibility index (Phi) is 9.32. The predicted molar refractivity (Wildman–Crippen MR) is 149 cm³/mol. The van der Waals surface area contributed by atoms with E-state index in [9.17, 15) is 14.0 Å². The number of hydrogen-bond acceptors (Lipinski definition) is 8. The molecule has 39 heavy (non-hydrogen) atoms. The Morgan fingerprint density at radius 1 is 1.05 bits per heavy atom. The molecule has 0 fully saturated rings. The number of benzene rings is 1. The van der Waals surface area contributed by atoms with Crippen molar-refractivity contribution in [2.45, 2.75) is 59.3 Å². The maximum Gasteiger partial charge on any atom is 0.419 e. The number of amides is 2. The molecule has 13 heteroatoms. The van der Waals surface area contributed by atoms with E-state index in [0.717, 1.165) is 4.90 Å². The van der Waals surface area contributed by atoms with Crippen LogP contribution in [0.4, 0.5) is 19.8 Å². The van der Waals surface area contributed by atoms with E-state index in [1.165, 1.54) is 12.1 Å². The van der Waals surface area contributed by atoms with Crippen molar-refractivity contribution < 1.29 is 28.2 Å². The Hall–Kier alpha value is -3.12. The Morgan fingerprint density at radius 3 is 2.26 bits per heavy atom. The molecule has 2 amide bonds. The monoisotopic (exact) mass is 627 g/mol. The molecule has 212 valence electrons. The first-order chi connectivity index (χ1) is 18.1. The lowest BCUT2D eigenvalue weighted by atomic mass is 10.1. The third-order valence-corrected chi connectivity index (χ3v) is 6.00. The van der Waals surface area contributed by atoms with E-state index in [-0.39, 0.29) is 30.5 Å². The molecule has 0 aliphatic heterocycles. The number of carbonyl (C=O) groups is 2. The first kappa shape index (κ1) is 30.4. The number of hydrogen-bond donors (Lipinski definition) is 0. The van der Waals surface area contributed by atoms with Crippen molar-refractivity contribution in [1.82, 2.24) is 19.5 Å². The minimum absolute atomic E-state index is 0.111. The van der Waals surface area contributed by atoms with Crippen LogP contribution in [-0.4, -0.2) is 63.1 Å². The van der Waals surface area contributed by atoms with Crippen LogP contribution in [0.15, 0.2) is 35.1 Å². The Balaban J connectivity index is 1.79. The molecule has 1 aromatic carbocycles. The molecule has 0 spiro atoms. The van der Waals surface area contributed by atoms with Crippen molar-refractivity contribution in [1.29, 1.82) is 0 Å². The van der Waals surface area contributed by atoms with Crippen LogP contribution in [-0.2, 0) is 16.0 Å². The van der Waals surface area contributed by atoms with Crippen molar-refractivity contribution >= 4 is 51.2 Å². The number of fused-ring (bicyclic) bond motifs is 1. The molecule has 0 aliphatic carbocycles. The SMILES string of the molecule is CN(Cc1c(OCCN(C(=O)OC(C)(C)C)C(=O)OC(C)(C)C)ccc(F)c1Cl)c1ccc2ncc(Br)n2n1. The van der Waals surface area contributed by atoms with Crippen molar-refractivity contribution in [2.75, 3.05) is 25.1 Å². The predicted octanol–water partition coefficient (Wildman–Crippen LogP) is 6.47. The van der Waals surface area contributed by atoms with Gasteiger partial charge in [-0.25, -0.2) is 28.4 Å². The van der Waals surface area contributed by atoms with Gasteiger partial charge in [-0.2, -0.15) is 0 Å². The number of carbonyl (C=O) groups excluding carboxylic acids is 2. The number of imidazole rings is 1. The summed E-state index contributed by atoms with van der Waals surface area (Å²) in [6.07, 6.45) is -0.103. The maximum atomic E-state index is 14.4. The van der Waals surface area contributed by atoms with Crippen molar-refractivity contribution in [2.24, 2.45) is 0 Å². The van der Waals surface area contributed by atoms with Crippen LogP contribution in [0.2, 0.25) is 5.02 Å². The number of aromatic nitrogens is 3. The van der Waals surface area contributed by atoms with Crippen LogP contribution in [0.3, 0.4) is 0 Å². The van der Waals surface area contributed by atoms with Crippen molar-refractivity contribution in [3.63, 3.8) is 0 Å². The van der Waals surface area contributed by atoms with Crippen LogP contribution < -0.4 is 9.64 Å². The maximum absolute atomic E-state index is 14.4. The Bertz CT molecular complexity index is 1330. The third-order valence-electron chi connectivity index (χ3n) is 5.05. The van der Waals surface area contributed by atoms with Gasteiger partial charge in [-0.1, -0.05) is 11.6 Å². The van der Waals surface area contributed by atoms with Gasteiger partial charge in [-0.15, -0.1) is 5.10 Å². The highest BCUT2D eigenvalue weighted by molar-refractivity contribution is 9.10. The summed E-state index contributed by atoms with van der Waals surface area (Å²) >= 11 is 9.74. The second-order valence-electron chi connectivity index (χ2n) is 10.7. The lowest BCUT2D eigenvalue weighted by Crippen LogP contribution is -2.45. The molecule has 3 rings (SSSR count). The molecule has 0 atom stereocenters. The van der Waals surface area contributed by atoms with Gasteiger partial charge in [-0.3, -0.25) is 0 Å². The average Bonchev–Trinajstić information content (AvgIpc) is 3.18. The summed E-state index contributed by atoms with van der Waals surface area (Å²) in [7, 11) is 1.77. The molecule has 0 bridgehead atoms. The fourth-order valence-corrected chi connectivity index (χ4v) is 3.93. The summed E-state index contributed by atoms with van der Waals surface area (Å²) in [4.78, 5) is 32.3. The van der Waals surface area contributed by atoms with Crippen LogP contribution >= 0.6 is 27.5 Å². The molecule has 10 nitrogen and oxygen atoms in total. The second kappa shape index (κ2) is 12.0. The minimum atomic E-state index is -0.871. The molecule has 3 aromatic rings. The molecular weight excluding hydrogens is 597 g/mol. The first-order valence-electron chi connectivity index (χ1n) is 12.1. The fourth-order valence-electron chi connectivity index (χ4n) is 3.35. The van der Waals surface area contributed by atoms with Gasteiger partial charge >= 0.3 is 12.2 Å². The van der Waals surface area contributed by atoms with Crippen molar-refractivity contribution in [3.05, 3.63) is 51.5 Å². The number of rotatable bonds is 7. The molecule has 0 saturated heterocycles. The molecule has 0 N–H and O–H groups in total. The zero-order valence-corrected chi connectivity index (χ0v) is 25.3. The molecule has 2 heterocycles. The quantitative estimate of drug-likeness (QED) is 0.294. The van der Waals surface area contributed by atoms with Gasteiger partial charge < -0.3 is 19.1 Å². The highest BCUT2D eigenvalue weighted by Gasteiger charge is 2.31. The smallest absolute Gasteiger partial charge is 0.419 e. The van der Waals surface area contributed by atoms with E-state index >= 15 is 0 Å². The van der Waals surface area contributed by atoms with Gasteiger partial charge in [0.15, 0.2) is 5.65 Å². The molecule has 0 aliphatic rings. The second-order valence-corrected chi connectivity index (χ2v) is 11.9. The van der Waals surface area contributed by atoms with Crippen LogP contribution in [0, 0.1) is 5.82 Å². The number of halogens is 3. The number of anilines is 1. The van der Waals surface area contributed by atoms with Crippen LogP contribution in [0.1, 0.15) is 47.1 Å². The molecular formula is C26H32BrClFN5O5. The first-order valence-corrected chi connectivity index (χ1v) is 13.3. The summed E-state index contributed by atoms with van der Waals surface area (Å²) in [6, 6.07) is 6.21. The summed E-state index contributed by atoms with van der Waals surface area (Å²) in [5.74, 6) is 0.247. The van der Waals surface area contributed by atoms with Gasteiger partial charge in [0.2, 0.25) is 0 Å². The largest absolute Gasteiger partial charge is 0.491 e. The molecule has 2 aromatic heterocycles. The Labute approximate surface area is 240 Å². The molecule has 0 unspecified atom stereocenters. The van der Waals surface area contributed by atoms with Crippen molar-refractivity contribution in [3.8, 4) is 5.75 Å². The van der Waals surface area contributed by atoms with E-state index in [1.807, 2.05) is 0 Å². The van der Waals surface area contributed by atoms with E-state index in [2.05, 4.69) is 26.0 Å². The molecule has 0 saturated carbocycles. The minimum Gasteiger partial charge on any atom is -0.491 e. The lowest BCUT2D eigenvalue weighted by molar-refractivity contribution is -0.000688. The van der Waals surface area contributed by atoms with Gasteiger partial charge in [-0.05, 0) is 81.7 Å². The van der Waals surface area contributed by atoms with E-state index < -0.39 is 29.2 Å². The van der Waals surface area contributed by atoms with Gasteiger partial charge in [0, 0.05) is 19.2 Å².